The fourth-order valence-corrected chi connectivity index (χ4v) is 4.15. The van der Waals surface area contributed by atoms with Crippen molar-refractivity contribution < 1.29 is 47.6 Å². The van der Waals surface area contributed by atoms with Gasteiger partial charge < -0.3 is 35.4 Å². The number of nitrogens with two attached hydrogens (primary N) is 1. The highest BCUT2D eigenvalue weighted by atomic mass is 31.3. The SMILES string of the molecule is Nc1nc2c(ncn2[C@@H]2O[C@H](COP(=O)(O)OP(=O)(O)O)C(O)C2O)c(=O)[nH]1. The number of nitrogens with zero attached hydrogens (tertiary/aromatic N) is 3. The number of nitrogens with one attached hydrogen (secondary N) is 1. The first kappa shape index (κ1) is 21.0. The lowest BCUT2D eigenvalue weighted by Crippen LogP contribution is -2.33. The number of aromatic nitrogens is 4. The molecule has 1 saturated heterocycles. The molecule has 28 heavy (non-hydrogen) atoms. The molecule has 3 unspecified atom stereocenters. The molecule has 0 aliphatic carbocycles. The van der Waals surface area contributed by atoms with Gasteiger partial charge in [0.1, 0.15) is 18.3 Å². The molecule has 0 radical (unpaired) electrons. The number of aliphatic hydroxyl groups is 2. The fraction of sp³-hybridized carbons (Fsp3) is 0.500. The van der Waals surface area contributed by atoms with E-state index >= 15 is 0 Å². The molecule has 1 fully saturated rings. The molecule has 0 spiro atoms. The van der Waals surface area contributed by atoms with E-state index in [1.807, 2.05) is 0 Å². The summed E-state index contributed by atoms with van der Waals surface area (Å²) in [6.45, 7) is -0.870. The maximum Gasteiger partial charge on any atom is 0.481 e. The largest absolute Gasteiger partial charge is 0.481 e. The number of H-pyrrole nitrogens is 1. The Kier molecular flexibility index (Phi) is 5.46. The molecule has 18 heteroatoms. The molecule has 0 aromatic carbocycles. The van der Waals surface area contributed by atoms with E-state index in [0.717, 1.165) is 10.9 Å². The molecule has 1 aliphatic rings. The summed E-state index contributed by atoms with van der Waals surface area (Å²) in [5.74, 6) is -0.233. The number of ether oxygens (including phenoxy) is 1. The lowest BCUT2D eigenvalue weighted by atomic mass is 10.1. The number of hydrogen-bond donors (Lipinski definition) is 7. The molecule has 1 aliphatic heterocycles. The zero-order chi connectivity index (χ0) is 20.9. The van der Waals surface area contributed by atoms with Gasteiger partial charge in [0.15, 0.2) is 17.4 Å². The van der Waals surface area contributed by atoms with E-state index in [1.165, 1.54) is 0 Å². The van der Waals surface area contributed by atoms with Gasteiger partial charge in [-0.25, -0.2) is 14.1 Å². The number of aromatic amines is 1. The van der Waals surface area contributed by atoms with Crippen LogP contribution in [0.2, 0.25) is 0 Å². The smallest absolute Gasteiger partial charge is 0.387 e. The van der Waals surface area contributed by atoms with Crippen LogP contribution in [0.5, 0.6) is 0 Å². The van der Waals surface area contributed by atoms with Crippen molar-refractivity contribution in [1.29, 1.82) is 0 Å². The highest BCUT2D eigenvalue weighted by molar-refractivity contribution is 7.60. The summed E-state index contributed by atoms with van der Waals surface area (Å²) in [5, 5.41) is 20.3. The average Bonchev–Trinajstić information content (AvgIpc) is 3.06. The number of fused-ring (bicyclic) bond motifs is 1. The second-order valence-corrected chi connectivity index (χ2v) is 8.49. The minimum absolute atomic E-state index is 0.0586. The van der Waals surface area contributed by atoms with Crippen LogP contribution in [0.1, 0.15) is 6.23 Å². The lowest BCUT2D eigenvalue weighted by molar-refractivity contribution is -0.0503. The summed E-state index contributed by atoms with van der Waals surface area (Å²) in [5.41, 5.74) is 4.65. The van der Waals surface area contributed by atoms with Crippen molar-refractivity contribution in [1.82, 2.24) is 19.5 Å². The Balaban J connectivity index is 1.79. The quantitative estimate of drug-likeness (QED) is 0.229. The molecule has 0 bridgehead atoms. The molecule has 3 rings (SSSR count). The number of aliphatic hydroxyl groups excluding tert-OH is 2. The summed E-state index contributed by atoms with van der Waals surface area (Å²) < 4.78 is 36.6. The van der Waals surface area contributed by atoms with Crippen molar-refractivity contribution in [2.45, 2.75) is 24.5 Å². The number of rotatable bonds is 6. The van der Waals surface area contributed by atoms with Crippen molar-refractivity contribution >= 4 is 32.8 Å². The number of phosphoric ester groups is 1. The first-order valence-corrected chi connectivity index (χ1v) is 10.4. The Morgan fingerprint density at radius 1 is 1.29 bits per heavy atom. The van der Waals surface area contributed by atoms with E-state index in [1.54, 1.807) is 0 Å². The molecule has 16 nitrogen and oxygen atoms in total. The normalized spacial score (nSPS) is 27.9. The Hall–Kier alpha value is -1.71. The molecule has 2 aromatic rings. The zero-order valence-corrected chi connectivity index (χ0v) is 15.4. The van der Waals surface area contributed by atoms with Crippen molar-refractivity contribution in [2.75, 3.05) is 12.3 Å². The predicted octanol–water partition coefficient (Wildman–Crippen LogP) is -2.45. The third-order valence-corrected chi connectivity index (χ3v) is 5.83. The van der Waals surface area contributed by atoms with Crippen LogP contribution in [0.15, 0.2) is 11.1 Å². The topological polar surface area (TPSA) is 253 Å². The Morgan fingerprint density at radius 3 is 2.61 bits per heavy atom. The van der Waals surface area contributed by atoms with Crippen LogP contribution in [0.4, 0.5) is 5.95 Å². The summed E-state index contributed by atoms with van der Waals surface area (Å²) in [7, 11) is -10.5. The first-order valence-electron chi connectivity index (χ1n) is 7.36. The molecule has 156 valence electrons. The van der Waals surface area contributed by atoms with Gasteiger partial charge in [-0.3, -0.25) is 18.9 Å². The van der Waals surface area contributed by atoms with Gasteiger partial charge >= 0.3 is 15.6 Å². The van der Waals surface area contributed by atoms with Gasteiger partial charge in [-0.1, -0.05) is 0 Å². The third-order valence-electron chi connectivity index (χ3n) is 3.67. The number of hydrogen-bond acceptors (Lipinski definition) is 11. The monoisotopic (exact) mass is 443 g/mol. The van der Waals surface area contributed by atoms with Crippen LogP contribution in [0.3, 0.4) is 0 Å². The van der Waals surface area contributed by atoms with Crippen LogP contribution < -0.4 is 11.3 Å². The minimum atomic E-state index is -5.32. The third kappa shape index (κ3) is 4.31. The van der Waals surface area contributed by atoms with Gasteiger partial charge in [0.2, 0.25) is 5.95 Å². The summed E-state index contributed by atoms with van der Waals surface area (Å²) in [6.07, 6.45) is -4.88. The Morgan fingerprint density at radius 2 is 1.96 bits per heavy atom. The van der Waals surface area contributed by atoms with Gasteiger partial charge in [-0.15, -0.1) is 0 Å². The van der Waals surface area contributed by atoms with Gasteiger partial charge in [0.25, 0.3) is 5.56 Å². The van der Waals surface area contributed by atoms with Crippen molar-refractivity contribution in [3.8, 4) is 0 Å². The molecule has 2 aromatic heterocycles. The molecular weight excluding hydrogens is 428 g/mol. The maximum absolute atomic E-state index is 11.8. The van der Waals surface area contributed by atoms with Crippen molar-refractivity contribution in [3.05, 3.63) is 16.7 Å². The van der Waals surface area contributed by atoms with E-state index in [2.05, 4.69) is 23.8 Å². The van der Waals surface area contributed by atoms with Crippen LogP contribution in [0, 0.1) is 0 Å². The molecule has 5 atom stereocenters. The number of anilines is 1. The minimum Gasteiger partial charge on any atom is -0.387 e. The van der Waals surface area contributed by atoms with Gasteiger partial charge in [-0.05, 0) is 0 Å². The van der Waals surface area contributed by atoms with E-state index in [9.17, 15) is 29.0 Å². The second-order valence-electron chi connectivity index (χ2n) is 5.66. The van der Waals surface area contributed by atoms with Gasteiger partial charge in [0.05, 0.1) is 12.9 Å². The van der Waals surface area contributed by atoms with Crippen LogP contribution in [0.25, 0.3) is 11.2 Å². The second kappa shape index (κ2) is 7.27. The highest BCUT2D eigenvalue weighted by Gasteiger charge is 2.46. The Labute approximate surface area is 154 Å². The van der Waals surface area contributed by atoms with Crippen LogP contribution in [-0.2, 0) is 22.7 Å². The van der Waals surface area contributed by atoms with Crippen molar-refractivity contribution in [3.63, 3.8) is 0 Å². The van der Waals surface area contributed by atoms with Gasteiger partial charge in [-0.2, -0.15) is 9.29 Å². The van der Waals surface area contributed by atoms with E-state index in [4.69, 9.17) is 20.3 Å². The lowest BCUT2D eigenvalue weighted by Gasteiger charge is -2.17. The molecule has 8 N–H and O–H groups in total. The Bertz CT molecular complexity index is 1030. The molecule has 0 saturated carbocycles. The zero-order valence-electron chi connectivity index (χ0n) is 13.6. The van der Waals surface area contributed by atoms with Gasteiger partial charge in [0, 0.05) is 0 Å². The number of imidazole rings is 1. The number of phosphoric acid groups is 2. The molecule has 3 heterocycles. The van der Waals surface area contributed by atoms with Crippen LogP contribution >= 0.6 is 15.6 Å². The maximum atomic E-state index is 11.8. The standard InChI is InChI=1S/C10H15N5O11P2/c11-10-13-7-4(8(18)14-10)12-2-15(7)9-6(17)5(16)3(25-9)1-24-28(22,23)26-27(19,20)21/h2-3,5-6,9,16-17H,1H2,(H,22,23)(H2,19,20,21)(H3,11,13,14,18)/t3-,5?,6?,9-/m1/s1. The first-order chi connectivity index (χ1) is 12.9. The fourth-order valence-electron chi connectivity index (χ4n) is 2.55. The van der Waals surface area contributed by atoms with E-state index in [0.29, 0.717) is 0 Å². The highest BCUT2D eigenvalue weighted by Crippen LogP contribution is 2.57. The van der Waals surface area contributed by atoms with Crippen molar-refractivity contribution in [2.24, 2.45) is 0 Å². The van der Waals surface area contributed by atoms with Crippen LogP contribution in [-0.4, -0.2) is 69.3 Å². The summed E-state index contributed by atoms with van der Waals surface area (Å²) >= 11 is 0. The molecular formula is C10H15N5O11P2. The molecule has 0 amide bonds. The summed E-state index contributed by atoms with van der Waals surface area (Å²) in [4.78, 5) is 48.1. The predicted molar refractivity (Wildman–Crippen MR) is 87.4 cm³/mol. The average molecular weight is 443 g/mol. The van der Waals surface area contributed by atoms with E-state index < -0.39 is 52.4 Å². The van der Waals surface area contributed by atoms with E-state index in [-0.39, 0.29) is 17.1 Å². The number of nitrogen functional groups attached to an aromatic ring is 1. The summed E-state index contributed by atoms with van der Waals surface area (Å²) in [6, 6.07) is 0.